The van der Waals surface area contributed by atoms with Crippen molar-refractivity contribution in [1.29, 1.82) is 0 Å². The number of hydrogen-bond acceptors (Lipinski definition) is 4. The zero-order valence-electron chi connectivity index (χ0n) is 11.4. The van der Waals surface area contributed by atoms with Crippen LogP contribution in [0.15, 0.2) is 0 Å². The Kier molecular flexibility index (Phi) is 5.77. The monoisotopic (exact) mass is 254 g/mol. The van der Waals surface area contributed by atoms with Crippen LogP contribution in [-0.2, 0) is 19.4 Å². The molecule has 0 fully saturated rings. The fourth-order valence-electron chi connectivity index (χ4n) is 2.06. The minimum absolute atomic E-state index is 0.212. The molecule has 0 unspecified atom stereocenters. The molecule has 0 saturated heterocycles. The normalized spacial score (nSPS) is 10.8. The predicted molar refractivity (Wildman–Crippen MR) is 70.8 cm³/mol. The lowest BCUT2D eigenvalue weighted by molar-refractivity contribution is -0.386. The highest BCUT2D eigenvalue weighted by atomic mass is 16.6. The topological polar surface area (TPSA) is 73.0 Å². The van der Waals surface area contributed by atoms with Crippen molar-refractivity contribution in [2.24, 2.45) is 0 Å². The zero-order chi connectivity index (χ0) is 13.5. The Labute approximate surface area is 108 Å². The van der Waals surface area contributed by atoms with E-state index in [4.69, 9.17) is 0 Å². The second-order valence-electron chi connectivity index (χ2n) is 4.14. The number of nitrogens with zero attached hydrogens (tertiary/aromatic N) is 3. The van der Waals surface area contributed by atoms with Gasteiger partial charge in [-0.1, -0.05) is 20.8 Å². The van der Waals surface area contributed by atoms with E-state index in [-0.39, 0.29) is 10.6 Å². The van der Waals surface area contributed by atoms with Gasteiger partial charge in [-0.05, 0) is 32.4 Å². The lowest BCUT2D eigenvalue weighted by atomic mass is 10.2. The fourth-order valence-corrected chi connectivity index (χ4v) is 2.06. The van der Waals surface area contributed by atoms with Gasteiger partial charge in [0.2, 0.25) is 0 Å². The molecule has 102 valence electrons. The van der Waals surface area contributed by atoms with Crippen LogP contribution in [0.5, 0.6) is 0 Å². The molecule has 18 heavy (non-hydrogen) atoms. The van der Waals surface area contributed by atoms with Crippen molar-refractivity contribution in [1.82, 2.24) is 15.1 Å². The van der Waals surface area contributed by atoms with E-state index in [1.54, 1.807) is 4.68 Å². The van der Waals surface area contributed by atoms with Gasteiger partial charge in [0.05, 0.1) is 4.92 Å². The summed E-state index contributed by atoms with van der Waals surface area (Å²) in [6.07, 6.45) is 2.18. The first kappa shape index (κ1) is 14.6. The van der Waals surface area contributed by atoms with Gasteiger partial charge in [0, 0.05) is 6.54 Å². The van der Waals surface area contributed by atoms with Crippen LogP contribution in [0, 0.1) is 10.1 Å². The van der Waals surface area contributed by atoms with Crippen LogP contribution in [0.2, 0.25) is 0 Å². The van der Waals surface area contributed by atoms with Gasteiger partial charge < -0.3 is 5.32 Å². The summed E-state index contributed by atoms with van der Waals surface area (Å²) in [6, 6.07) is 0. The van der Waals surface area contributed by atoms with Crippen LogP contribution in [0.3, 0.4) is 0 Å². The molecule has 6 nitrogen and oxygen atoms in total. The van der Waals surface area contributed by atoms with E-state index in [9.17, 15) is 10.1 Å². The SMILES string of the molecule is CCNCCCn1nc(CC)c([N+](=O)[O-])c1CC. The minimum atomic E-state index is -0.300. The van der Waals surface area contributed by atoms with E-state index in [2.05, 4.69) is 17.3 Å². The number of aromatic nitrogens is 2. The maximum Gasteiger partial charge on any atom is 0.313 e. The largest absolute Gasteiger partial charge is 0.317 e. The first-order valence-corrected chi connectivity index (χ1v) is 6.59. The molecule has 0 spiro atoms. The molecule has 1 N–H and O–H groups in total. The molecule has 6 heteroatoms. The quantitative estimate of drug-likeness (QED) is 0.437. The molecule has 0 radical (unpaired) electrons. The van der Waals surface area contributed by atoms with Crippen LogP contribution in [0.1, 0.15) is 38.6 Å². The van der Waals surface area contributed by atoms with Crippen molar-refractivity contribution < 1.29 is 4.92 Å². The average Bonchev–Trinajstić information content (AvgIpc) is 2.72. The third-order valence-corrected chi connectivity index (χ3v) is 2.93. The Hall–Kier alpha value is -1.43. The van der Waals surface area contributed by atoms with Crippen LogP contribution in [0.25, 0.3) is 0 Å². The molecule has 1 aromatic heterocycles. The van der Waals surface area contributed by atoms with Crippen LogP contribution in [0.4, 0.5) is 5.69 Å². The molecule has 0 aliphatic rings. The summed E-state index contributed by atoms with van der Waals surface area (Å²) in [5.41, 5.74) is 1.55. The summed E-state index contributed by atoms with van der Waals surface area (Å²) < 4.78 is 1.80. The maximum absolute atomic E-state index is 11.1. The Morgan fingerprint density at radius 1 is 1.33 bits per heavy atom. The second kappa shape index (κ2) is 7.10. The molecule has 0 atom stereocenters. The van der Waals surface area contributed by atoms with Gasteiger partial charge in [-0.3, -0.25) is 14.8 Å². The van der Waals surface area contributed by atoms with Crippen molar-refractivity contribution in [2.45, 2.75) is 46.6 Å². The highest BCUT2D eigenvalue weighted by Gasteiger charge is 2.24. The molecule has 0 bridgehead atoms. The van der Waals surface area contributed by atoms with E-state index >= 15 is 0 Å². The van der Waals surface area contributed by atoms with Crippen molar-refractivity contribution in [3.05, 3.63) is 21.5 Å². The highest BCUT2D eigenvalue weighted by Crippen LogP contribution is 2.24. The van der Waals surface area contributed by atoms with Gasteiger partial charge in [0.1, 0.15) is 11.4 Å². The summed E-state index contributed by atoms with van der Waals surface area (Å²) >= 11 is 0. The highest BCUT2D eigenvalue weighted by molar-refractivity contribution is 5.41. The molecule has 0 aliphatic heterocycles. The molecule has 1 rings (SSSR count). The number of rotatable bonds is 8. The molecule has 0 aromatic carbocycles. The molecular formula is C12H22N4O2. The van der Waals surface area contributed by atoms with E-state index in [1.165, 1.54) is 0 Å². The molecule has 0 saturated carbocycles. The van der Waals surface area contributed by atoms with Gasteiger partial charge in [-0.15, -0.1) is 0 Å². The van der Waals surface area contributed by atoms with Crippen molar-refractivity contribution in [3.63, 3.8) is 0 Å². The summed E-state index contributed by atoms with van der Waals surface area (Å²) in [6.45, 7) is 8.49. The first-order valence-electron chi connectivity index (χ1n) is 6.59. The number of nitrogens with one attached hydrogen (secondary N) is 1. The standard InChI is InChI=1S/C12H22N4O2/c1-4-10-12(16(17)18)11(5-2)15(14-10)9-7-8-13-6-3/h13H,4-9H2,1-3H3. The lowest BCUT2D eigenvalue weighted by Crippen LogP contribution is -2.17. The molecule has 1 heterocycles. The van der Waals surface area contributed by atoms with Gasteiger partial charge in [-0.25, -0.2) is 0 Å². The fraction of sp³-hybridized carbons (Fsp3) is 0.750. The lowest BCUT2D eigenvalue weighted by Gasteiger charge is -2.05. The van der Waals surface area contributed by atoms with E-state index in [0.29, 0.717) is 18.5 Å². The second-order valence-corrected chi connectivity index (χ2v) is 4.14. The summed E-state index contributed by atoms with van der Waals surface area (Å²) in [7, 11) is 0. The van der Waals surface area contributed by atoms with Crippen LogP contribution in [-0.4, -0.2) is 27.8 Å². The molecule has 0 aliphatic carbocycles. The van der Waals surface area contributed by atoms with Crippen LogP contribution < -0.4 is 5.32 Å². The minimum Gasteiger partial charge on any atom is -0.317 e. The Morgan fingerprint density at radius 2 is 2.06 bits per heavy atom. The summed E-state index contributed by atoms with van der Waals surface area (Å²) in [4.78, 5) is 10.8. The van der Waals surface area contributed by atoms with Gasteiger partial charge in [-0.2, -0.15) is 5.10 Å². The van der Waals surface area contributed by atoms with Crippen LogP contribution >= 0.6 is 0 Å². The van der Waals surface area contributed by atoms with E-state index in [1.807, 2.05) is 13.8 Å². The van der Waals surface area contributed by atoms with E-state index < -0.39 is 0 Å². The van der Waals surface area contributed by atoms with Crippen molar-refractivity contribution >= 4 is 5.69 Å². The predicted octanol–water partition coefficient (Wildman–Crippen LogP) is 1.92. The number of nitro groups is 1. The summed E-state index contributed by atoms with van der Waals surface area (Å²) in [5, 5.41) is 18.7. The third kappa shape index (κ3) is 3.29. The first-order chi connectivity index (χ1) is 8.65. The van der Waals surface area contributed by atoms with Crippen molar-refractivity contribution in [3.8, 4) is 0 Å². The molecule has 1 aromatic rings. The Morgan fingerprint density at radius 3 is 2.56 bits per heavy atom. The molecular weight excluding hydrogens is 232 g/mol. The average molecular weight is 254 g/mol. The maximum atomic E-state index is 11.1. The van der Waals surface area contributed by atoms with E-state index in [0.717, 1.165) is 31.7 Å². The molecule has 0 amide bonds. The smallest absolute Gasteiger partial charge is 0.313 e. The zero-order valence-corrected chi connectivity index (χ0v) is 11.4. The van der Waals surface area contributed by atoms with Gasteiger partial charge in [0.25, 0.3) is 0 Å². The summed E-state index contributed by atoms with van der Waals surface area (Å²) in [5.74, 6) is 0. The number of hydrogen-bond donors (Lipinski definition) is 1. The third-order valence-electron chi connectivity index (χ3n) is 2.93. The Balaban J connectivity index is 2.87. The van der Waals surface area contributed by atoms with Crippen molar-refractivity contribution in [2.75, 3.05) is 13.1 Å². The Bertz CT molecular complexity index is 401. The number of aryl methyl sites for hydroxylation is 2. The van der Waals surface area contributed by atoms with Gasteiger partial charge >= 0.3 is 5.69 Å². The van der Waals surface area contributed by atoms with Gasteiger partial charge in [0.15, 0.2) is 0 Å².